The van der Waals surface area contributed by atoms with Gasteiger partial charge in [0.25, 0.3) is 10.0 Å². The fourth-order valence-corrected chi connectivity index (χ4v) is 3.90. The van der Waals surface area contributed by atoms with Crippen LogP contribution in [-0.4, -0.2) is 21.6 Å². The fourth-order valence-electron chi connectivity index (χ4n) is 1.56. The molecule has 0 amide bonds. The van der Waals surface area contributed by atoms with Gasteiger partial charge in [0.05, 0.1) is 0 Å². The molecule has 0 radical (unpaired) electrons. The Morgan fingerprint density at radius 1 is 1.20 bits per heavy atom. The van der Waals surface area contributed by atoms with Gasteiger partial charge >= 0.3 is 0 Å². The Kier molecular flexibility index (Phi) is 4.64. The average molecular weight is 312 g/mol. The lowest BCUT2D eigenvalue weighted by atomic mass is 10.3. The van der Waals surface area contributed by atoms with Crippen LogP contribution in [-0.2, 0) is 10.0 Å². The highest BCUT2D eigenvalue weighted by Gasteiger charge is 2.16. The van der Waals surface area contributed by atoms with Crippen LogP contribution in [0.4, 0.5) is 5.69 Å². The van der Waals surface area contributed by atoms with E-state index in [1.807, 2.05) is 6.92 Å². The summed E-state index contributed by atoms with van der Waals surface area (Å²) in [5, 5.41) is 0. The van der Waals surface area contributed by atoms with E-state index in [1.165, 1.54) is 11.3 Å². The number of anilines is 1. The van der Waals surface area contributed by atoms with Gasteiger partial charge in [0.1, 0.15) is 16.6 Å². The molecule has 3 N–H and O–H groups in total. The topological polar surface area (TPSA) is 81.4 Å². The van der Waals surface area contributed by atoms with Gasteiger partial charge < -0.3 is 10.5 Å². The molecule has 0 fully saturated rings. The van der Waals surface area contributed by atoms with E-state index in [0.29, 0.717) is 28.8 Å². The summed E-state index contributed by atoms with van der Waals surface area (Å²) < 4.78 is 32.4. The first-order chi connectivity index (χ1) is 9.51. The minimum Gasteiger partial charge on any atom is -0.492 e. The number of hydrogen-bond donors (Lipinski definition) is 2. The lowest BCUT2D eigenvalue weighted by Crippen LogP contribution is -2.12. The average Bonchev–Trinajstić information content (AvgIpc) is 2.85. The van der Waals surface area contributed by atoms with Crippen molar-refractivity contribution in [3.05, 3.63) is 41.3 Å². The van der Waals surface area contributed by atoms with Gasteiger partial charge in [-0.1, -0.05) is 0 Å². The summed E-state index contributed by atoms with van der Waals surface area (Å²) in [6.45, 7) is 2.74. The molecule has 0 unspecified atom stereocenters. The molecule has 7 heteroatoms. The molecule has 108 valence electrons. The second-order valence-corrected chi connectivity index (χ2v) is 7.33. The van der Waals surface area contributed by atoms with Crippen molar-refractivity contribution in [2.24, 2.45) is 5.73 Å². The predicted octanol–water partition coefficient (Wildman–Crippen LogP) is 2.19. The lowest BCUT2D eigenvalue weighted by molar-refractivity contribution is 0.328. The van der Waals surface area contributed by atoms with E-state index in [0.717, 1.165) is 4.88 Å². The Morgan fingerprint density at radius 2 is 1.90 bits per heavy atom. The van der Waals surface area contributed by atoms with Gasteiger partial charge in [0.2, 0.25) is 0 Å². The molecule has 5 nitrogen and oxygen atoms in total. The molecule has 0 atom stereocenters. The van der Waals surface area contributed by atoms with E-state index in [4.69, 9.17) is 10.5 Å². The first-order valence-corrected chi connectivity index (χ1v) is 8.33. The van der Waals surface area contributed by atoms with Crippen molar-refractivity contribution in [2.45, 2.75) is 11.1 Å². The first-order valence-electron chi connectivity index (χ1n) is 6.03. The summed E-state index contributed by atoms with van der Waals surface area (Å²) in [6, 6.07) is 10.1. The second kappa shape index (κ2) is 6.25. The summed E-state index contributed by atoms with van der Waals surface area (Å²) >= 11 is 1.24. The van der Waals surface area contributed by atoms with Crippen LogP contribution in [0, 0.1) is 6.92 Å². The summed E-state index contributed by atoms with van der Waals surface area (Å²) in [5.41, 5.74) is 5.84. The third kappa shape index (κ3) is 3.72. The number of nitrogens with two attached hydrogens (primary N) is 1. The van der Waals surface area contributed by atoms with Crippen molar-refractivity contribution in [3.8, 4) is 5.75 Å². The van der Waals surface area contributed by atoms with Gasteiger partial charge in [-0.2, -0.15) is 0 Å². The Hall–Kier alpha value is -1.57. The zero-order valence-electron chi connectivity index (χ0n) is 11.0. The SMILES string of the molecule is Cc1ccc(S(=O)(=O)Nc2ccc(OCCN)cc2)s1. The quantitative estimate of drug-likeness (QED) is 0.856. The Bertz CT molecular complexity index is 663. The summed E-state index contributed by atoms with van der Waals surface area (Å²) in [4.78, 5) is 0.955. The number of sulfonamides is 1. The second-order valence-electron chi connectivity index (χ2n) is 4.13. The minimum absolute atomic E-state index is 0.304. The van der Waals surface area contributed by atoms with E-state index < -0.39 is 10.0 Å². The van der Waals surface area contributed by atoms with Gasteiger partial charge in [-0.15, -0.1) is 11.3 Å². The maximum atomic E-state index is 12.1. The van der Waals surface area contributed by atoms with Gasteiger partial charge in [-0.3, -0.25) is 4.72 Å². The van der Waals surface area contributed by atoms with Crippen LogP contribution in [0.3, 0.4) is 0 Å². The standard InChI is InChI=1S/C13H16N2O3S2/c1-10-2-7-13(19-10)20(16,17)15-11-3-5-12(6-4-11)18-9-8-14/h2-7,15H,8-9,14H2,1H3. The van der Waals surface area contributed by atoms with E-state index in [-0.39, 0.29) is 0 Å². The highest BCUT2D eigenvalue weighted by atomic mass is 32.2. The number of thiophene rings is 1. The maximum absolute atomic E-state index is 12.1. The monoisotopic (exact) mass is 312 g/mol. The molecular weight excluding hydrogens is 296 g/mol. The fraction of sp³-hybridized carbons (Fsp3) is 0.231. The Balaban J connectivity index is 2.09. The van der Waals surface area contributed by atoms with Crippen LogP contribution < -0.4 is 15.2 Å². The van der Waals surface area contributed by atoms with Gasteiger partial charge in [-0.25, -0.2) is 8.42 Å². The summed E-state index contributed by atoms with van der Waals surface area (Å²) in [6.07, 6.45) is 0. The molecule has 2 rings (SSSR count). The molecule has 1 aromatic carbocycles. The maximum Gasteiger partial charge on any atom is 0.271 e. The molecule has 2 aromatic rings. The third-order valence-electron chi connectivity index (χ3n) is 2.47. The molecule has 20 heavy (non-hydrogen) atoms. The van der Waals surface area contributed by atoms with E-state index >= 15 is 0 Å². The van der Waals surface area contributed by atoms with Crippen molar-refractivity contribution in [1.82, 2.24) is 0 Å². The summed E-state index contributed by atoms with van der Waals surface area (Å²) in [7, 11) is -3.51. The smallest absolute Gasteiger partial charge is 0.271 e. The molecule has 0 aliphatic heterocycles. The van der Waals surface area contributed by atoms with Crippen molar-refractivity contribution >= 4 is 27.0 Å². The molecule has 0 aliphatic carbocycles. The van der Waals surface area contributed by atoms with Gasteiger partial charge in [0.15, 0.2) is 0 Å². The van der Waals surface area contributed by atoms with Crippen molar-refractivity contribution in [3.63, 3.8) is 0 Å². The Morgan fingerprint density at radius 3 is 2.45 bits per heavy atom. The van der Waals surface area contributed by atoms with Crippen LogP contribution >= 0.6 is 11.3 Å². The zero-order chi connectivity index (χ0) is 14.6. The number of hydrogen-bond acceptors (Lipinski definition) is 5. The Labute approximate surface area is 122 Å². The van der Waals surface area contributed by atoms with Crippen molar-refractivity contribution in [1.29, 1.82) is 0 Å². The highest BCUT2D eigenvalue weighted by molar-refractivity contribution is 7.94. The molecular formula is C13H16N2O3S2. The van der Waals surface area contributed by atoms with E-state index in [9.17, 15) is 8.42 Å². The number of ether oxygens (including phenoxy) is 1. The largest absolute Gasteiger partial charge is 0.492 e. The van der Waals surface area contributed by atoms with Gasteiger partial charge in [0, 0.05) is 17.1 Å². The number of aryl methyl sites for hydroxylation is 1. The molecule has 1 heterocycles. The first kappa shape index (κ1) is 14.8. The van der Waals surface area contributed by atoms with Crippen molar-refractivity contribution in [2.75, 3.05) is 17.9 Å². The highest BCUT2D eigenvalue weighted by Crippen LogP contribution is 2.24. The van der Waals surface area contributed by atoms with E-state index in [1.54, 1.807) is 36.4 Å². The molecule has 0 spiro atoms. The zero-order valence-corrected chi connectivity index (χ0v) is 12.6. The molecule has 0 saturated heterocycles. The third-order valence-corrected chi connectivity index (χ3v) is 5.35. The minimum atomic E-state index is -3.51. The normalized spacial score (nSPS) is 11.3. The predicted molar refractivity (Wildman–Crippen MR) is 80.9 cm³/mol. The number of benzene rings is 1. The van der Waals surface area contributed by atoms with Crippen molar-refractivity contribution < 1.29 is 13.2 Å². The van der Waals surface area contributed by atoms with Crippen LogP contribution in [0.25, 0.3) is 0 Å². The molecule has 0 saturated carbocycles. The van der Waals surface area contributed by atoms with Crippen LogP contribution in [0.1, 0.15) is 4.88 Å². The van der Waals surface area contributed by atoms with Crippen LogP contribution in [0.15, 0.2) is 40.6 Å². The van der Waals surface area contributed by atoms with Crippen LogP contribution in [0.5, 0.6) is 5.75 Å². The van der Waals surface area contributed by atoms with E-state index in [2.05, 4.69) is 4.72 Å². The van der Waals surface area contributed by atoms with Crippen LogP contribution in [0.2, 0.25) is 0 Å². The molecule has 0 aliphatic rings. The molecule has 0 bridgehead atoms. The lowest BCUT2D eigenvalue weighted by Gasteiger charge is -2.08. The number of nitrogens with one attached hydrogen (secondary N) is 1. The summed E-state index contributed by atoms with van der Waals surface area (Å²) in [5.74, 6) is 0.658. The molecule has 1 aromatic heterocycles. The van der Waals surface area contributed by atoms with Gasteiger partial charge in [-0.05, 0) is 43.3 Å². The number of rotatable bonds is 6.